The van der Waals surface area contributed by atoms with Crippen LogP contribution in [0.5, 0.6) is 0 Å². The first-order valence-corrected chi connectivity index (χ1v) is 8.94. The molecule has 2 fully saturated rings. The van der Waals surface area contributed by atoms with E-state index in [9.17, 15) is 9.59 Å². The first-order chi connectivity index (χ1) is 11.6. The molecule has 5 nitrogen and oxygen atoms in total. The number of rotatable bonds is 4. The Morgan fingerprint density at radius 2 is 1.88 bits per heavy atom. The van der Waals surface area contributed by atoms with E-state index < -0.39 is 0 Å². The van der Waals surface area contributed by atoms with Crippen LogP contribution < -0.4 is 5.32 Å². The summed E-state index contributed by atoms with van der Waals surface area (Å²) in [5, 5.41) is 3.73. The zero-order valence-electron chi connectivity index (χ0n) is 13.7. The number of nitrogens with zero attached hydrogens (tertiary/aromatic N) is 1. The number of piperidine rings is 1. The van der Waals surface area contributed by atoms with Crippen LogP contribution in [0.4, 0.5) is 0 Å². The van der Waals surface area contributed by atoms with Gasteiger partial charge in [-0.2, -0.15) is 0 Å². The molecule has 1 atom stereocenters. The van der Waals surface area contributed by atoms with E-state index in [4.69, 9.17) is 16.3 Å². The largest absolute Gasteiger partial charge is 0.368 e. The topological polar surface area (TPSA) is 58.6 Å². The average Bonchev–Trinajstić information content (AvgIpc) is 3.12. The van der Waals surface area contributed by atoms with Gasteiger partial charge in [-0.3, -0.25) is 9.59 Å². The minimum atomic E-state index is -0.283. The number of nitrogens with one attached hydrogen (secondary N) is 1. The highest BCUT2D eigenvalue weighted by Gasteiger charge is 2.28. The lowest BCUT2D eigenvalue weighted by Crippen LogP contribution is -2.49. The number of halogens is 1. The van der Waals surface area contributed by atoms with Crippen LogP contribution in [0.25, 0.3) is 0 Å². The quantitative estimate of drug-likeness (QED) is 0.905. The predicted molar refractivity (Wildman–Crippen MR) is 91.9 cm³/mol. The van der Waals surface area contributed by atoms with E-state index in [1.807, 2.05) is 17.0 Å². The molecule has 0 aromatic heterocycles. The van der Waals surface area contributed by atoms with Crippen molar-refractivity contribution in [1.82, 2.24) is 10.2 Å². The van der Waals surface area contributed by atoms with Gasteiger partial charge in [0.2, 0.25) is 11.8 Å². The normalized spacial score (nSPS) is 21.7. The first kappa shape index (κ1) is 17.2. The lowest BCUT2D eigenvalue weighted by Gasteiger charge is -2.33. The van der Waals surface area contributed by atoms with Crippen LogP contribution in [0.15, 0.2) is 24.3 Å². The predicted octanol–water partition coefficient (Wildman–Crippen LogP) is 2.17. The monoisotopic (exact) mass is 350 g/mol. The van der Waals surface area contributed by atoms with E-state index in [0.717, 1.165) is 31.2 Å². The molecule has 1 aromatic carbocycles. The van der Waals surface area contributed by atoms with Crippen LogP contribution in [-0.2, 0) is 20.7 Å². The van der Waals surface area contributed by atoms with Crippen molar-refractivity contribution in [2.45, 2.75) is 44.2 Å². The molecule has 24 heavy (non-hydrogen) atoms. The van der Waals surface area contributed by atoms with E-state index in [1.165, 1.54) is 0 Å². The fraction of sp³-hybridized carbons (Fsp3) is 0.556. The summed E-state index contributed by atoms with van der Waals surface area (Å²) < 4.78 is 5.40. The Bertz CT molecular complexity index is 576. The number of carbonyl (C=O) groups is 2. The van der Waals surface area contributed by atoms with E-state index in [-0.39, 0.29) is 24.0 Å². The molecule has 6 heteroatoms. The molecule has 0 aliphatic carbocycles. The molecule has 2 saturated heterocycles. The SMILES string of the molecule is O=C(NC1CCN(C(=O)Cc2ccc(Cl)cc2)CC1)C1CCCO1. The molecule has 1 unspecified atom stereocenters. The van der Waals surface area contributed by atoms with Gasteiger partial charge in [0.05, 0.1) is 6.42 Å². The van der Waals surface area contributed by atoms with Crippen LogP contribution >= 0.6 is 11.6 Å². The van der Waals surface area contributed by atoms with Crippen molar-refractivity contribution in [1.29, 1.82) is 0 Å². The van der Waals surface area contributed by atoms with E-state index in [1.54, 1.807) is 12.1 Å². The summed E-state index contributed by atoms with van der Waals surface area (Å²) in [6.45, 7) is 2.04. The fourth-order valence-electron chi connectivity index (χ4n) is 3.24. The number of likely N-dealkylation sites (tertiary alicyclic amines) is 1. The molecule has 0 radical (unpaired) electrons. The second-order valence-corrected chi connectivity index (χ2v) is 6.90. The second-order valence-electron chi connectivity index (χ2n) is 6.47. The van der Waals surface area contributed by atoms with Crippen molar-refractivity contribution >= 4 is 23.4 Å². The van der Waals surface area contributed by atoms with Gasteiger partial charge < -0.3 is 15.0 Å². The Kier molecular flexibility index (Phi) is 5.74. The zero-order valence-corrected chi connectivity index (χ0v) is 14.4. The Hall–Kier alpha value is -1.59. The number of carbonyl (C=O) groups excluding carboxylic acids is 2. The smallest absolute Gasteiger partial charge is 0.249 e. The van der Waals surface area contributed by atoms with Crippen LogP contribution in [0.2, 0.25) is 5.02 Å². The molecule has 2 heterocycles. The van der Waals surface area contributed by atoms with E-state index in [2.05, 4.69) is 5.32 Å². The van der Waals surface area contributed by atoms with Gasteiger partial charge in [0.25, 0.3) is 0 Å². The molecule has 1 N–H and O–H groups in total. The third kappa shape index (κ3) is 4.48. The van der Waals surface area contributed by atoms with Gasteiger partial charge in [-0.25, -0.2) is 0 Å². The summed E-state index contributed by atoms with van der Waals surface area (Å²) in [5.41, 5.74) is 0.971. The van der Waals surface area contributed by atoms with Gasteiger partial charge in [0.1, 0.15) is 6.10 Å². The summed E-state index contributed by atoms with van der Waals surface area (Å²) in [5.74, 6) is 0.125. The molecule has 130 valence electrons. The number of ether oxygens (including phenoxy) is 1. The number of hydrogen-bond acceptors (Lipinski definition) is 3. The van der Waals surface area contributed by atoms with Gasteiger partial charge in [0.15, 0.2) is 0 Å². The van der Waals surface area contributed by atoms with Gasteiger partial charge >= 0.3 is 0 Å². The summed E-state index contributed by atoms with van der Waals surface area (Å²) >= 11 is 5.86. The van der Waals surface area contributed by atoms with Gasteiger partial charge in [-0.05, 0) is 43.4 Å². The molecule has 2 aliphatic heterocycles. The van der Waals surface area contributed by atoms with Crippen molar-refractivity contribution in [2.75, 3.05) is 19.7 Å². The molecule has 1 aromatic rings. The minimum Gasteiger partial charge on any atom is -0.368 e. The second kappa shape index (κ2) is 7.99. The fourth-order valence-corrected chi connectivity index (χ4v) is 3.37. The third-order valence-corrected chi connectivity index (χ3v) is 4.94. The van der Waals surface area contributed by atoms with Crippen LogP contribution in [-0.4, -0.2) is 48.6 Å². The summed E-state index contributed by atoms with van der Waals surface area (Å²) in [6.07, 6.45) is 3.47. The molecular weight excluding hydrogens is 328 g/mol. The first-order valence-electron chi connectivity index (χ1n) is 8.56. The van der Waals surface area contributed by atoms with Crippen LogP contribution in [0, 0.1) is 0 Å². The molecule has 0 spiro atoms. The number of hydrogen-bond donors (Lipinski definition) is 1. The summed E-state index contributed by atoms with van der Waals surface area (Å²) in [7, 11) is 0. The van der Waals surface area contributed by atoms with Gasteiger partial charge in [0, 0.05) is 30.8 Å². The number of amides is 2. The van der Waals surface area contributed by atoms with Crippen LogP contribution in [0.3, 0.4) is 0 Å². The van der Waals surface area contributed by atoms with Gasteiger partial charge in [-0.15, -0.1) is 0 Å². The maximum atomic E-state index is 12.4. The highest BCUT2D eigenvalue weighted by Crippen LogP contribution is 2.16. The van der Waals surface area contributed by atoms with Crippen molar-refractivity contribution in [2.24, 2.45) is 0 Å². The molecule has 2 aliphatic rings. The Labute approximate surface area is 147 Å². The molecule has 0 saturated carbocycles. The van der Waals surface area contributed by atoms with E-state index in [0.29, 0.717) is 31.1 Å². The van der Waals surface area contributed by atoms with E-state index >= 15 is 0 Å². The van der Waals surface area contributed by atoms with Crippen LogP contribution in [0.1, 0.15) is 31.2 Å². The van der Waals surface area contributed by atoms with Gasteiger partial charge in [-0.1, -0.05) is 23.7 Å². The molecular formula is C18H23ClN2O3. The highest BCUT2D eigenvalue weighted by atomic mass is 35.5. The molecule has 3 rings (SSSR count). The number of benzene rings is 1. The van der Waals surface area contributed by atoms with Crippen molar-refractivity contribution in [3.05, 3.63) is 34.9 Å². The Morgan fingerprint density at radius 3 is 2.50 bits per heavy atom. The standard InChI is InChI=1S/C18H23ClN2O3/c19-14-5-3-13(4-6-14)12-17(22)21-9-7-15(8-10-21)20-18(23)16-2-1-11-24-16/h3-6,15-16H,1-2,7-12H2,(H,20,23). The minimum absolute atomic E-state index is 0.00144. The summed E-state index contributed by atoms with van der Waals surface area (Å²) in [4.78, 5) is 26.3. The lowest BCUT2D eigenvalue weighted by atomic mass is 10.0. The third-order valence-electron chi connectivity index (χ3n) is 4.68. The molecule has 2 amide bonds. The average molecular weight is 351 g/mol. The maximum absolute atomic E-state index is 12.4. The van der Waals surface area contributed by atoms with Crippen molar-refractivity contribution in [3.63, 3.8) is 0 Å². The highest BCUT2D eigenvalue weighted by molar-refractivity contribution is 6.30. The Morgan fingerprint density at radius 1 is 1.17 bits per heavy atom. The Balaban J connectivity index is 1.43. The molecule has 0 bridgehead atoms. The zero-order chi connectivity index (χ0) is 16.9. The lowest BCUT2D eigenvalue weighted by molar-refractivity contribution is -0.132. The van der Waals surface area contributed by atoms with Crippen molar-refractivity contribution < 1.29 is 14.3 Å². The summed E-state index contributed by atoms with van der Waals surface area (Å²) in [6, 6.07) is 7.51. The maximum Gasteiger partial charge on any atom is 0.249 e. The van der Waals surface area contributed by atoms with Crippen molar-refractivity contribution in [3.8, 4) is 0 Å².